The van der Waals surface area contributed by atoms with Crippen molar-refractivity contribution in [2.75, 3.05) is 31.6 Å². The fourth-order valence-corrected chi connectivity index (χ4v) is 2.68. The fraction of sp³-hybridized carbons (Fsp3) is 0.294. The van der Waals surface area contributed by atoms with Crippen molar-refractivity contribution in [3.8, 4) is 11.3 Å². The molecule has 0 unspecified atom stereocenters. The summed E-state index contributed by atoms with van der Waals surface area (Å²) in [6.45, 7) is 1.48. The number of hydrogen-bond acceptors (Lipinski definition) is 6. The molecule has 0 atom stereocenters. The van der Waals surface area contributed by atoms with E-state index in [-0.39, 0.29) is 17.5 Å². The minimum Gasteiger partial charge on any atom is -0.364 e. The van der Waals surface area contributed by atoms with Crippen molar-refractivity contribution in [3.05, 3.63) is 53.4 Å². The number of likely N-dealkylation sites (tertiary alicyclic amines) is 1. The van der Waals surface area contributed by atoms with Crippen LogP contribution in [0.3, 0.4) is 0 Å². The Hall–Kier alpha value is -3.00. The summed E-state index contributed by atoms with van der Waals surface area (Å²) in [4.78, 5) is 38.7. The zero-order valence-corrected chi connectivity index (χ0v) is 13.9. The van der Waals surface area contributed by atoms with Crippen LogP contribution in [0.5, 0.6) is 0 Å². The van der Waals surface area contributed by atoms with Crippen LogP contribution in [0.25, 0.3) is 11.3 Å². The van der Waals surface area contributed by atoms with E-state index in [1.54, 1.807) is 41.8 Å². The lowest BCUT2D eigenvalue weighted by Gasteiger charge is -2.44. The number of nitrogens with zero attached hydrogens (tertiary/aromatic N) is 4. The molecule has 0 radical (unpaired) electrons. The normalized spacial score (nSPS) is 14.6. The Kier molecular flexibility index (Phi) is 4.90. The van der Waals surface area contributed by atoms with E-state index in [4.69, 9.17) is 5.73 Å². The van der Waals surface area contributed by atoms with Gasteiger partial charge in [0, 0.05) is 56.9 Å². The van der Waals surface area contributed by atoms with Crippen molar-refractivity contribution >= 4 is 11.6 Å². The fourth-order valence-electron chi connectivity index (χ4n) is 2.68. The number of nitrogens with two attached hydrogens (primary N) is 1. The van der Waals surface area contributed by atoms with E-state index in [0.29, 0.717) is 31.0 Å². The number of carbonyl (C=O) groups is 1. The highest BCUT2D eigenvalue weighted by atomic mass is 16.2. The molecule has 0 saturated carbocycles. The molecule has 3 N–H and O–H groups in total. The Morgan fingerprint density at radius 3 is 2.96 bits per heavy atom. The number of hydrogen-bond donors (Lipinski definition) is 2. The number of pyridine rings is 1. The highest BCUT2D eigenvalue weighted by Gasteiger charge is 2.33. The molecule has 8 heteroatoms. The lowest BCUT2D eigenvalue weighted by atomic mass is 10.1. The summed E-state index contributed by atoms with van der Waals surface area (Å²) in [7, 11) is 1.85. The van der Waals surface area contributed by atoms with Gasteiger partial charge in [0.15, 0.2) is 0 Å². The number of aromatic amines is 1. The third-order valence-corrected chi connectivity index (χ3v) is 4.24. The van der Waals surface area contributed by atoms with Crippen LogP contribution in [0, 0.1) is 0 Å². The van der Waals surface area contributed by atoms with Crippen LogP contribution in [0.4, 0.5) is 5.69 Å². The predicted octanol–water partition coefficient (Wildman–Crippen LogP) is -0.00620. The van der Waals surface area contributed by atoms with Gasteiger partial charge < -0.3 is 20.5 Å². The molecular weight excluding hydrogens is 320 g/mol. The molecule has 3 heterocycles. The Labute approximate surface area is 145 Å². The van der Waals surface area contributed by atoms with Gasteiger partial charge in [-0.3, -0.25) is 19.6 Å². The Balaban J connectivity index is 1.73. The van der Waals surface area contributed by atoms with Gasteiger partial charge in [-0.1, -0.05) is 6.08 Å². The minimum atomic E-state index is -0.178. The second kappa shape index (κ2) is 7.27. The van der Waals surface area contributed by atoms with E-state index in [1.807, 2.05) is 11.9 Å². The number of likely N-dealkylation sites (N-methyl/N-ethyl adjacent to an activating group) is 1. The Morgan fingerprint density at radius 1 is 1.48 bits per heavy atom. The molecular formula is C17H20N6O2. The van der Waals surface area contributed by atoms with Crippen molar-refractivity contribution in [2.24, 2.45) is 5.73 Å². The average Bonchev–Trinajstić information content (AvgIpc) is 2.59. The number of rotatable bonds is 5. The lowest BCUT2D eigenvalue weighted by molar-refractivity contribution is -0.130. The van der Waals surface area contributed by atoms with Crippen molar-refractivity contribution in [1.82, 2.24) is 19.9 Å². The summed E-state index contributed by atoms with van der Waals surface area (Å²) in [5.41, 5.74) is 7.19. The maximum Gasteiger partial charge on any atom is 0.271 e. The SMILES string of the molecule is CN(c1cc(-c2cnccn2)c[nH]c1=O)C1CN(C(=O)C=CCN)C1. The number of anilines is 1. The number of carbonyl (C=O) groups excluding carboxylic acids is 1. The summed E-state index contributed by atoms with van der Waals surface area (Å²) < 4.78 is 0. The van der Waals surface area contributed by atoms with Crippen LogP contribution >= 0.6 is 0 Å². The number of amides is 1. The first-order valence-electron chi connectivity index (χ1n) is 7.97. The van der Waals surface area contributed by atoms with Gasteiger partial charge in [0.05, 0.1) is 17.9 Å². The van der Waals surface area contributed by atoms with E-state index in [1.165, 1.54) is 6.08 Å². The van der Waals surface area contributed by atoms with Gasteiger partial charge in [-0.05, 0) is 6.07 Å². The molecule has 1 fully saturated rings. The topological polar surface area (TPSA) is 108 Å². The summed E-state index contributed by atoms with van der Waals surface area (Å²) in [6, 6.07) is 1.88. The van der Waals surface area contributed by atoms with Crippen LogP contribution in [0.15, 0.2) is 47.8 Å². The first-order chi connectivity index (χ1) is 12.1. The molecule has 25 heavy (non-hydrogen) atoms. The van der Waals surface area contributed by atoms with Crippen molar-refractivity contribution in [3.63, 3.8) is 0 Å². The van der Waals surface area contributed by atoms with Gasteiger partial charge in [0.2, 0.25) is 5.91 Å². The molecule has 1 saturated heterocycles. The summed E-state index contributed by atoms with van der Waals surface area (Å²) in [5, 5.41) is 0. The van der Waals surface area contributed by atoms with Gasteiger partial charge >= 0.3 is 0 Å². The van der Waals surface area contributed by atoms with E-state index in [2.05, 4.69) is 15.0 Å². The van der Waals surface area contributed by atoms with Gasteiger partial charge in [0.25, 0.3) is 5.56 Å². The minimum absolute atomic E-state index is 0.0580. The second-order valence-corrected chi connectivity index (χ2v) is 5.84. The highest BCUT2D eigenvalue weighted by Crippen LogP contribution is 2.22. The van der Waals surface area contributed by atoms with E-state index in [0.717, 1.165) is 5.56 Å². The Bertz CT molecular complexity index is 827. The molecule has 1 aliphatic rings. The first kappa shape index (κ1) is 16.8. The average molecular weight is 340 g/mol. The van der Waals surface area contributed by atoms with Gasteiger partial charge in [-0.25, -0.2) is 0 Å². The monoisotopic (exact) mass is 340 g/mol. The van der Waals surface area contributed by atoms with E-state index < -0.39 is 0 Å². The van der Waals surface area contributed by atoms with Gasteiger partial charge in [-0.15, -0.1) is 0 Å². The summed E-state index contributed by atoms with van der Waals surface area (Å²) in [5.74, 6) is -0.0580. The smallest absolute Gasteiger partial charge is 0.271 e. The van der Waals surface area contributed by atoms with Crippen LogP contribution in [0.2, 0.25) is 0 Å². The number of H-pyrrole nitrogens is 1. The third kappa shape index (κ3) is 3.58. The predicted molar refractivity (Wildman–Crippen MR) is 95.1 cm³/mol. The van der Waals surface area contributed by atoms with Crippen LogP contribution < -0.4 is 16.2 Å². The standard InChI is InChI=1S/C17H20N6O2/c1-22(13-10-23(11-13)16(24)3-2-4-18)15-7-12(8-21-17(15)25)14-9-19-5-6-20-14/h2-3,5-9,13H,4,10-11,18H2,1H3,(H,21,25). The van der Waals surface area contributed by atoms with E-state index >= 15 is 0 Å². The van der Waals surface area contributed by atoms with E-state index in [9.17, 15) is 9.59 Å². The molecule has 0 aliphatic carbocycles. The summed E-state index contributed by atoms with van der Waals surface area (Å²) in [6.07, 6.45) is 9.59. The maximum atomic E-state index is 12.2. The molecule has 1 amide bonds. The van der Waals surface area contributed by atoms with Crippen molar-refractivity contribution in [2.45, 2.75) is 6.04 Å². The molecule has 0 bridgehead atoms. The maximum absolute atomic E-state index is 12.2. The van der Waals surface area contributed by atoms with Crippen LogP contribution in [0.1, 0.15) is 0 Å². The first-order valence-corrected chi connectivity index (χ1v) is 7.97. The number of nitrogens with one attached hydrogen (secondary N) is 1. The van der Waals surface area contributed by atoms with Crippen LogP contribution in [-0.2, 0) is 4.79 Å². The van der Waals surface area contributed by atoms with Crippen molar-refractivity contribution in [1.29, 1.82) is 0 Å². The zero-order valence-electron chi connectivity index (χ0n) is 13.9. The Morgan fingerprint density at radius 2 is 2.28 bits per heavy atom. The zero-order chi connectivity index (χ0) is 17.8. The van der Waals surface area contributed by atoms with Crippen LogP contribution in [-0.4, -0.2) is 58.5 Å². The molecule has 2 aromatic heterocycles. The molecule has 3 rings (SSSR count). The lowest BCUT2D eigenvalue weighted by Crippen LogP contribution is -2.60. The molecule has 8 nitrogen and oxygen atoms in total. The second-order valence-electron chi connectivity index (χ2n) is 5.84. The summed E-state index contributed by atoms with van der Waals surface area (Å²) >= 11 is 0. The third-order valence-electron chi connectivity index (χ3n) is 4.24. The molecule has 0 spiro atoms. The largest absolute Gasteiger partial charge is 0.364 e. The quantitative estimate of drug-likeness (QED) is 0.742. The molecule has 2 aromatic rings. The van der Waals surface area contributed by atoms with Crippen molar-refractivity contribution < 1.29 is 4.79 Å². The number of aromatic nitrogens is 3. The van der Waals surface area contributed by atoms with Gasteiger partial charge in [0.1, 0.15) is 5.69 Å². The van der Waals surface area contributed by atoms with Gasteiger partial charge in [-0.2, -0.15) is 0 Å². The molecule has 1 aliphatic heterocycles. The molecule has 0 aromatic carbocycles. The molecule has 130 valence electrons. The highest BCUT2D eigenvalue weighted by molar-refractivity contribution is 5.88.